The number of nitro benzene ring substituents is 1. The Morgan fingerprint density at radius 3 is 2.55 bits per heavy atom. The average Bonchev–Trinajstić information content (AvgIpc) is 3.04. The van der Waals surface area contributed by atoms with Gasteiger partial charge in [-0.15, -0.1) is 11.3 Å². The van der Waals surface area contributed by atoms with Crippen LogP contribution in [0.25, 0.3) is 26.2 Å². The first-order valence-electron chi connectivity index (χ1n) is 6.60. The van der Waals surface area contributed by atoms with Crippen molar-refractivity contribution < 1.29 is 10.0 Å². The SMILES string of the molecule is O=[N+]([O-])c1ccc(-c2cc3sc4cc(O)ccc4n3c2)cc1. The Morgan fingerprint density at radius 1 is 1.05 bits per heavy atom. The maximum absolute atomic E-state index is 10.7. The number of hydrogen-bond acceptors (Lipinski definition) is 4. The number of hydrogen-bond donors (Lipinski definition) is 1. The number of rotatable bonds is 2. The summed E-state index contributed by atoms with van der Waals surface area (Å²) in [5.41, 5.74) is 3.07. The van der Waals surface area contributed by atoms with Gasteiger partial charge in [-0.3, -0.25) is 10.1 Å². The van der Waals surface area contributed by atoms with Gasteiger partial charge in [0.05, 0.1) is 15.1 Å². The van der Waals surface area contributed by atoms with Crippen molar-refractivity contribution in [2.45, 2.75) is 0 Å². The van der Waals surface area contributed by atoms with Gasteiger partial charge in [0.2, 0.25) is 0 Å². The van der Waals surface area contributed by atoms with Crippen LogP contribution in [-0.4, -0.2) is 14.4 Å². The first kappa shape index (κ1) is 12.8. The normalized spacial score (nSPS) is 11.3. The van der Waals surface area contributed by atoms with Crippen LogP contribution in [0.15, 0.2) is 54.7 Å². The van der Waals surface area contributed by atoms with Gasteiger partial charge in [0, 0.05) is 23.9 Å². The molecular formula is C16H10N2O3S. The highest BCUT2D eigenvalue weighted by Crippen LogP contribution is 2.33. The van der Waals surface area contributed by atoms with E-state index in [4.69, 9.17) is 0 Å². The maximum atomic E-state index is 10.7. The molecule has 2 heterocycles. The van der Waals surface area contributed by atoms with Crippen molar-refractivity contribution in [1.82, 2.24) is 4.40 Å². The minimum Gasteiger partial charge on any atom is -0.508 e. The fraction of sp³-hybridized carbons (Fsp3) is 0. The van der Waals surface area contributed by atoms with Crippen molar-refractivity contribution in [3.05, 3.63) is 64.8 Å². The molecule has 1 N–H and O–H groups in total. The number of phenolic OH excluding ortho intramolecular Hbond substituents is 1. The highest BCUT2D eigenvalue weighted by molar-refractivity contribution is 7.24. The van der Waals surface area contributed by atoms with E-state index in [2.05, 4.69) is 4.40 Å². The molecule has 0 spiro atoms. The molecule has 0 saturated heterocycles. The third-order valence-electron chi connectivity index (χ3n) is 3.61. The Balaban J connectivity index is 1.84. The van der Waals surface area contributed by atoms with Gasteiger partial charge in [0.15, 0.2) is 0 Å². The molecule has 0 unspecified atom stereocenters. The summed E-state index contributed by atoms with van der Waals surface area (Å²) in [6.07, 6.45) is 2.01. The first-order valence-corrected chi connectivity index (χ1v) is 7.42. The van der Waals surface area contributed by atoms with E-state index in [9.17, 15) is 15.2 Å². The van der Waals surface area contributed by atoms with Crippen molar-refractivity contribution in [3.8, 4) is 16.9 Å². The van der Waals surface area contributed by atoms with Crippen LogP contribution in [0.4, 0.5) is 5.69 Å². The van der Waals surface area contributed by atoms with Gasteiger partial charge < -0.3 is 9.51 Å². The van der Waals surface area contributed by atoms with Gasteiger partial charge in [-0.25, -0.2) is 0 Å². The van der Waals surface area contributed by atoms with E-state index >= 15 is 0 Å². The molecule has 0 amide bonds. The van der Waals surface area contributed by atoms with E-state index in [1.54, 1.807) is 35.6 Å². The smallest absolute Gasteiger partial charge is 0.269 e. The minimum absolute atomic E-state index is 0.0886. The molecule has 2 aromatic carbocycles. The molecular weight excluding hydrogens is 300 g/mol. The number of non-ortho nitro benzene ring substituents is 1. The average molecular weight is 310 g/mol. The van der Waals surface area contributed by atoms with Crippen LogP contribution in [-0.2, 0) is 0 Å². The number of nitrogens with zero attached hydrogens (tertiary/aromatic N) is 2. The number of aromatic nitrogens is 1. The lowest BCUT2D eigenvalue weighted by Crippen LogP contribution is -1.86. The number of benzene rings is 2. The Labute approximate surface area is 128 Å². The van der Waals surface area contributed by atoms with Crippen LogP contribution >= 0.6 is 11.3 Å². The molecule has 0 radical (unpaired) electrons. The molecule has 22 heavy (non-hydrogen) atoms. The summed E-state index contributed by atoms with van der Waals surface area (Å²) in [5, 5.41) is 20.2. The summed E-state index contributed by atoms with van der Waals surface area (Å²) in [5.74, 6) is 0.257. The van der Waals surface area contributed by atoms with E-state index in [0.29, 0.717) is 0 Å². The summed E-state index contributed by atoms with van der Waals surface area (Å²) in [7, 11) is 0. The second-order valence-corrected chi connectivity index (χ2v) is 6.06. The summed E-state index contributed by atoms with van der Waals surface area (Å²) in [4.78, 5) is 11.4. The number of nitro groups is 1. The maximum Gasteiger partial charge on any atom is 0.269 e. The lowest BCUT2D eigenvalue weighted by molar-refractivity contribution is -0.384. The summed E-state index contributed by atoms with van der Waals surface area (Å²) in [6, 6.07) is 13.9. The molecule has 6 heteroatoms. The fourth-order valence-corrected chi connectivity index (χ4v) is 3.65. The molecule has 5 nitrogen and oxygen atoms in total. The van der Waals surface area contributed by atoms with Crippen LogP contribution in [0, 0.1) is 10.1 Å². The van der Waals surface area contributed by atoms with Gasteiger partial charge in [0.25, 0.3) is 5.69 Å². The molecule has 0 fully saturated rings. The lowest BCUT2D eigenvalue weighted by Gasteiger charge is -1.97. The summed E-state index contributed by atoms with van der Waals surface area (Å²) in [6.45, 7) is 0. The number of fused-ring (bicyclic) bond motifs is 3. The van der Waals surface area contributed by atoms with Crippen LogP contribution in [0.2, 0.25) is 0 Å². The monoisotopic (exact) mass is 310 g/mol. The number of phenols is 1. The van der Waals surface area contributed by atoms with Crippen molar-refractivity contribution in [2.24, 2.45) is 0 Å². The van der Waals surface area contributed by atoms with E-state index < -0.39 is 4.92 Å². The van der Waals surface area contributed by atoms with Crippen molar-refractivity contribution in [2.75, 3.05) is 0 Å². The minimum atomic E-state index is -0.401. The number of thiazole rings is 1. The van der Waals surface area contributed by atoms with Gasteiger partial charge >= 0.3 is 0 Å². The molecule has 0 bridgehead atoms. The Bertz CT molecular complexity index is 1020. The molecule has 4 aromatic rings. The molecule has 0 aliphatic heterocycles. The van der Waals surface area contributed by atoms with Crippen molar-refractivity contribution in [1.29, 1.82) is 0 Å². The molecule has 108 valence electrons. The highest BCUT2D eigenvalue weighted by atomic mass is 32.1. The number of aromatic hydroxyl groups is 1. The van der Waals surface area contributed by atoms with Gasteiger partial charge in [-0.05, 0) is 42.0 Å². The zero-order chi connectivity index (χ0) is 15.3. The quantitative estimate of drug-likeness (QED) is 0.440. The molecule has 0 aliphatic rings. The third-order valence-corrected chi connectivity index (χ3v) is 4.68. The van der Waals surface area contributed by atoms with Crippen molar-refractivity contribution >= 4 is 32.1 Å². The second kappa shape index (κ2) is 4.57. The predicted octanol–water partition coefficient (Wildman–Crippen LogP) is 4.43. The third kappa shape index (κ3) is 1.93. The molecule has 0 aliphatic carbocycles. The zero-order valence-electron chi connectivity index (χ0n) is 11.3. The van der Waals surface area contributed by atoms with Crippen LogP contribution < -0.4 is 0 Å². The fourth-order valence-electron chi connectivity index (χ4n) is 2.54. The summed E-state index contributed by atoms with van der Waals surface area (Å²) >= 11 is 1.59. The van der Waals surface area contributed by atoms with Gasteiger partial charge in [-0.1, -0.05) is 0 Å². The largest absolute Gasteiger partial charge is 0.508 e. The van der Waals surface area contributed by atoms with E-state index in [1.807, 2.05) is 18.3 Å². The van der Waals surface area contributed by atoms with E-state index in [1.165, 1.54) is 12.1 Å². The molecule has 0 atom stereocenters. The van der Waals surface area contributed by atoms with E-state index in [-0.39, 0.29) is 11.4 Å². The Morgan fingerprint density at radius 2 is 1.82 bits per heavy atom. The highest BCUT2D eigenvalue weighted by Gasteiger charge is 2.10. The first-order chi connectivity index (χ1) is 10.6. The predicted molar refractivity (Wildman–Crippen MR) is 86.5 cm³/mol. The van der Waals surface area contributed by atoms with E-state index in [0.717, 1.165) is 26.2 Å². The zero-order valence-corrected chi connectivity index (χ0v) is 12.1. The second-order valence-electron chi connectivity index (χ2n) is 5.00. The Kier molecular flexibility index (Phi) is 2.67. The standard InChI is InChI=1S/C16H10N2O3S/c19-13-5-6-14-15(8-13)22-16-7-11(9-17(14)16)10-1-3-12(4-2-10)18(20)21/h1-9,19H. The molecule has 4 rings (SSSR count). The Hall–Kier alpha value is -2.86. The van der Waals surface area contributed by atoms with Gasteiger partial charge in [-0.2, -0.15) is 0 Å². The topological polar surface area (TPSA) is 67.8 Å². The molecule has 0 saturated carbocycles. The van der Waals surface area contributed by atoms with Gasteiger partial charge in [0.1, 0.15) is 10.6 Å². The van der Waals surface area contributed by atoms with Crippen LogP contribution in [0.1, 0.15) is 0 Å². The lowest BCUT2D eigenvalue weighted by atomic mass is 10.1. The molecule has 2 aromatic heterocycles. The van der Waals surface area contributed by atoms with Crippen LogP contribution in [0.3, 0.4) is 0 Å². The summed E-state index contributed by atoms with van der Waals surface area (Å²) < 4.78 is 3.08. The van der Waals surface area contributed by atoms with Crippen molar-refractivity contribution in [3.63, 3.8) is 0 Å². The van der Waals surface area contributed by atoms with Crippen LogP contribution in [0.5, 0.6) is 5.75 Å².